The van der Waals surface area contributed by atoms with E-state index >= 15 is 0 Å². The van der Waals surface area contributed by atoms with Crippen LogP contribution in [0, 0.1) is 5.41 Å². The van der Waals surface area contributed by atoms with Gasteiger partial charge in [-0.15, -0.1) is 0 Å². The highest BCUT2D eigenvalue weighted by Crippen LogP contribution is 2.18. The molecule has 1 atom stereocenters. The summed E-state index contributed by atoms with van der Waals surface area (Å²) in [4.78, 5) is 0. The maximum atomic E-state index is 11.2. The highest BCUT2D eigenvalue weighted by atomic mass is 32.2. The Morgan fingerprint density at radius 2 is 1.75 bits per heavy atom. The first kappa shape index (κ1) is 11.9. The van der Waals surface area contributed by atoms with Crippen molar-refractivity contribution >= 4 is 9.84 Å². The molecule has 0 aromatic carbocycles. The van der Waals surface area contributed by atoms with Crippen LogP contribution in [-0.4, -0.2) is 26.0 Å². The first-order valence-electron chi connectivity index (χ1n) is 4.15. The number of sulfone groups is 1. The van der Waals surface area contributed by atoms with Gasteiger partial charge in [0, 0.05) is 11.8 Å². The Bertz CT molecular complexity index is 226. The molecule has 2 N–H and O–H groups in total. The normalized spacial score (nSPS) is 16.1. The van der Waals surface area contributed by atoms with Crippen LogP contribution in [0.2, 0.25) is 0 Å². The van der Waals surface area contributed by atoms with Crippen LogP contribution < -0.4 is 5.73 Å². The molecule has 4 heteroatoms. The van der Waals surface area contributed by atoms with Crippen molar-refractivity contribution in [3.63, 3.8) is 0 Å². The largest absolute Gasteiger partial charge is 0.326 e. The number of hydrogen-bond acceptors (Lipinski definition) is 3. The third-order valence-electron chi connectivity index (χ3n) is 1.99. The fourth-order valence-electron chi connectivity index (χ4n) is 0.641. The van der Waals surface area contributed by atoms with Crippen molar-refractivity contribution in [1.29, 1.82) is 0 Å². The van der Waals surface area contributed by atoms with Gasteiger partial charge in [-0.3, -0.25) is 0 Å². The minimum absolute atomic E-state index is 0.0903. The van der Waals surface area contributed by atoms with Crippen LogP contribution in [0.5, 0.6) is 0 Å². The van der Waals surface area contributed by atoms with E-state index in [1.165, 1.54) is 0 Å². The molecule has 0 saturated heterocycles. The molecule has 0 aromatic rings. The molecule has 0 spiro atoms. The standard InChI is InChI=1S/C8H19NO2S/c1-5-12(10,11)6-7(9)8(2,3)4/h7H,5-6,9H2,1-4H3. The lowest BCUT2D eigenvalue weighted by Crippen LogP contribution is -2.41. The molecular weight excluding hydrogens is 174 g/mol. The van der Waals surface area contributed by atoms with E-state index in [0.29, 0.717) is 0 Å². The third-order valence-corrected chi connectivity index (χ3v) is 3.73. The maximum absolute atomic E-state index is 11.2. The van der Waals surface area contributed by atoms with Gasteiger partial charge in [0.15, 0.2) is 9.84 Å². The lowest BCUT2D eigenvalue weighted by molar-refractivity contribution is 0.340. The molecule has 0 heterocycles. The average Bonchev–Trinajstić information content (AvgIpc) is 1.85. The number of hydrogen-bond donors (Lipinski definition) is 1. The highest BCUT2D eigenvalue weighted by Gasteiger charge is 2.25. The Labute approximate surface area is 75.3 Å². The van der Waals surface area contributed by atoms with Gasteiger partial charge < -0.3 is 5.73 Å². The molecule has 0 aliphatic carbocycles. The lowest BCUT2D eigenvalue weighted by atomic mass is 9.89. The van der Waals surface area contributed by atoms with E-state index in [-0.39, 0.29) is 23.0 Å². The molecule has 0 radical (unpaired) electrons. The lowest BCUT2D eigenvalue weighted by Gasteiger charge is -2.26. The summed E-state index contributed by atoms with van der Waals surface area (Å²) in [5.41, 5.74) is 5.60. The van der Waals surface area contributed by atoms with Crippen molar-refractivity contribution in [2.24, 2.45) is 11.1 Å². The minimum Gasteiger partial charge on any atom is -0.326 e. The van der Waals surface area contributed by atoms with Crippen LogP contribution in [0.15, 0.2) is 0 Å². The molecule has 0 amide bonds. The molecule has 12 heavy (non-hydrogen) atoms. The van der Waals surface area contributed by atoms with Gasteiger partial charge >= 0.3 is 0 Å². The quantitative estimate of drug-likeness (QED) is 0.721. The zero-order valence-electron chi connectivity index (χ0n) is 8.29. The summed E-state index contributed by atoms with van der Waals surface area (Å²) in [5.74, 6) is 0.268. The monoisotopic (exact) mass is 193 g/mol. The minimum atomic E-state index is -2.93. The predicted molar refractivity (Wildman–Crippen MR) is 51.8 cm³/mol. The molecule has 0 bridgehead atoms. The summed E-state index contributed by atoms with van der Waals surface area (Å²) >= 11 is 0. The Morgan fingerprint density at radius 3 is 2.00 bits per heavy atom. The second-order valence-electron chi connectivity index (χ2n) is 4.17. The molecule has 1 unspecified atom stereocenters. The van der Waals surface area contributed by atoms with Gasteiger partial charge in [0.1, 0.15) is 0 Å². The fourth-order valence-corrected chi connectivity index (χ4v) is 1.92. The zero-order valence-corrected chi connectivity index (χ0v) is 9.11. The van der Waals surface area contributed by atoms with Crippen LogP contribution in [-0.2, 0) is 9.84 Å². The van der Waals surface area contributed by atoms with Crippen LogP contribution in [0.25, 0.3) is 0 Å². The average molecular weight is 193 g/mol. The smallest absolute Gasteiger partial charge is 0.151 e. The van der Waals surface area contributed by atoms with E-state index in [0.717, 1.165) is 0 Å². The molecule has 74 valence electrons. The first-order chi connectivity index (χ1) is 5.19. The predicted octanol–water partition coefficient (Wildman–Crippen LogP) is 0.794. The molecule has 0 aromatic heterocycles. The molecule has 0 aliphatic rings. The second kappa shape index (κ2) is 3.75. The Kier molecular flexibility index (Phi) is 3.72. The van der Waals surface area contributed by atoms with Gasteiger partial charge in [-0.2, -0.15) is 0 Å². The summed E-state index contributed by atoms with van der Waals surface area (Å²) in [6.07, 6.45) is 0. The van der Waals surface area contributed by atoms with Gasteiger partial charge in [-0.1, -0.05) is 27.7 Å². The van der Waals surface area contributed by atoms with Crippen LogP contribution in [0.1, 0.15) is 27.7 Å². The van der Waals surface area contributed by atoms with E-state index in [9.17, 15) is 8.42 Å². The third kappa shape index (κ3) is 4.07. The molecule has 0 fully saturated rings. The number of nitrogens with two attached hydrogens (primary N) is 1. The van der Waals surface area contributed by atoms with E-state index in [1.807, 2.05) is 20.8 Å². The van der Waals surface area contributed by atoms with Gasteiger partial charge in [0.2, 0.25) is 0 Å². The fraction of sp³-hybridized carbons (Fsp3) is 1.00. The maximum Gasteiger partial charge on any atom is 0.151 e. The zero-order chi connectivity index (χ0) is 9.99. The molecule has 0 aliphatic heterocycles. The molecule has 3 nitrogen and oxygen atoms in total. The van der Waals surface area contributed by atoms with Gasteiger partial charge in [-0.05, 0) is 5.41 Å². The Balaban J connectivity index is 4.30. The summed E-state index contributed by atoms with van der Waals surface area (Å²) in [6, 6.07) is -0.276. The van der Waals surface area contributed by atoms with Gasteiger partial charge in [0.05, 0.1) is 5.75 Å². The summed E-state index contributed by atoms with van der Waals surface area (Å²) in [5, 5.41) is 0. The van der Waals surface area contributed by atoms with Crippen molar-refractivity contribution < 1.29 is 8.42 Å². The molecule has 0 rings (SSSR count). The Morgan fingerprint density at radius 1 is 1.33 bits per heavy atom. The summed E-state index contributed by atoms with van der Waals surface area (Å²) < 4.78 is 22.4. The van der Waals surface area contributed by atoms with Gasteiger partial charge in [-0.25, -0.2) is 8.42 Å². The van der Waals surface area contributed by atoms with Crippen molar-refractivity contribution in [3.05, 3.63) is 0 Å². The van der Waals surface area contributed by atoms with Crippen molar-refractivity contribution in [2.45, 2.75) is 33.7 Å². The van der Waals surface area contributed by atoms with Crippen LogP contribution >= 0.6 is 0 Å². The van der Waals surface area contributed by atoms with Crippen LogP contribution in [0.4, 0.5) is 0 Å². The topological polar surface area (TPSA) is 60.2 Å². The molecule has 0 saturated carbocycles. The van der Waals surface area contributed by atoms with E-state index in [1.54, 1.807) is 6.92 Å². The summed E-state index contributed by atoms with van der Waals surface area (Å²) in [6.45, 7) is 7.49. The second-order valence-corrected chi connectivity index (χ2v) is 6.57. The summed E-state index contributed by atoms with van der Waals surface area (Å²) in [7, 11) is -2.93. The van der Waals surface area contributed by atoms with Crippen molar-refractivity contribution in [1.82, 2.24) is 0 Å². The van der Waals surface area contributed by atoms with Crippen LogP contribution in [0.3, 0.4) is 0 Å². The highest BCUT2D eigenvalue weighted by molar-refractivity contribution is 7.91. The molecular formula is C8H19NO2S. The van der Waals surface area contributed by atoms with Crippen molar-refractivity contribution in [2.75, 3.05) is 11.5 Å². The van der Waals surface area contributed by atoms with E-state index in [4.69, 9.17) is 5.73 Å². The van der Waals surface area contributed by atoms with E-state index in [2.05, 4.69) is 0 Å². The van der Waals surface area contributed by atoms with Gasteiger partial charge in [0.25, 0.3) is 0 Å². The SMILES string of the molecule is CCS(=O)(=O)CC(N)C(C)(C)C. The van der Waals surface area contributed by atoms with Crippen molar-refractivity contribution in [3.8, 4) is 0 Å². The Hall–Kier alpha value is -0.0900. The van der Waals surface area contributed by atoms with E-state index < -0.39 is 9.84 Å². The first-order valence-corrected chi connectivity index (χ1v) is 5.97. The number of rotatable bonds is 3.